The normalized spacial score (nSPS) is 11.3. The predicted molar refractivity (Wildman–Crippen MR) is 101 cm³/mol. The van der Waals surface area contributed by atoms with Crippen molar-refractivity contribution in [1.29, 1.82) is 0 Å². The van der Waals surface area contributed by atoms with Crippen molar-refractivity contribution in [3.63, 3.8) is 0 Å². The van der Waals surface area contributed by atoms with E-state index in [1.807, 2.05) is 0 Å². The smallest absolute Gasteiger partial charge is 0.346 e. The lowest BCUT2D eigenvalue weighted by Crippen LogP contribution is -2.30. The monoisotopic (exact) mass is 406 g/mol. The maximum absolute atomic E-state index is 13.2. The second-order valence-electron chi connectivity index (χ2n) is 5.76. The van der Waals surface area contributed by atoms with Crippen LogP contribution in [0.3, 0.4) is 0 Å². The van der Waals surface area contributed by atoms with Crippen molar-refractivity contribution in [1.82, 2.24) is 0 Å². The van der Waals surface area contributed by atoms with Crippen LogP contribution in [0.25, 0.3) is 0 Å². The molecule has 0 radical (unpaired) electrons. The van der Waals surface area contributed by atoms with Gasteiger partial charge in [0.25, 0.3) is 11.6 Å². The van der Waals surface area contributed by atoms with E-state index in [1.165, 1.54) is 32.2 Å². The summed E-state index contributed by atoms with van der Waals surface area (Å²) in [7, 11) is 1.30. The lowest BCUT2D eigenvalue weighted by Gasteiger charge is -2.15. The number of hydrogen-bond donors (Lipinski definition) is 1. The van der Waals surface area contributed by atoms with E-state index in [4.69, 9.17) is 14.2 Å². The third-order valence-electron chi connectivity index (χ3n) is 3.74. The van der Waals surface area contributed by atoms with E-state index in [-0.39, 0.29) is 23.8 Å². The van der Waals surface area contributed by atoms with Gasteiger partial charge in [0.1, 0.15) is 11.4 Å². The number of benzene rings is 2. The van der Waals surface area contributed by atoms with Crippen LogP contribution in [0.2, 0.25) is 0 Å². The second kappa shape index (κ2) is 9.49. The molecular weight excluding hydrogens is 387 g/mol. The summed E-state index contributed by atoms with van der Waals surface area (Å²) in [5.41, 5.74) is -0.787. The molecule has 0 aliphatic heterocycles. The number of carbonyl (C=O) groups excluding carboxylic acids is 2. The Hall–Kier alpha value is -3.69. The largest absolute Gasteiger partial charge is 0.493 e. The molecule has 0 spiro atoms. The molecule has 10 heteroatoms. The molecule has 0 fully saturated rings. The van der Waals surface area contributed by atoms with Gasteiger partial charge in [0, 0.05) is 11.8 Å². The summed E-state index contributed by atoms with van der Waals surface area (Å²) in [6, 6.07) is 7.32. The van der Waals surface area contributed by atoms with Gasteiger partial charge in [-0.1, -0.05) is 6.07 Å². The molecule has 0 saturated carbocycles. The van der Waals surface area contributed by atoms with Gasteiger partial charge in [-0.05, 0) is 32.0 Å². The van der Waals surface area contributed by atoms with Crippen molar-refractivity contribution in [3.8, 4) is 11.5 Å². The standard InChI is InChI=1S/C19H19FN2O7/c1-4-28-17-9-14(15(22(25)26)10-16(17)27-3)19(24)29-11(2)18(23)21-13-7-5-6-12(20)8-13/h5-11H,4H2,1-3H3,(H,21,23)/t11-/m0/s1. The summed E-state index contributed by atoms with van der Waals surface area (Å²) in [6.07, 6.45) is -1.30. The van der Waals surface area contributed by atoms with E-state index in [1.54, 1.807) is 6.92 Å². The van der Waals surface area contributed by atoms with Gasteiger partial charge in [-0.2, -0.15) is 0 Å². The number of nitro groups is 1. The number of methoxy groups -OCH3 is 1. The highest BCUT2D eigenvalue weighted by atomic mass is 19.1. The van der Waals surface area contributed by atoms with Crippen molar-refractivity contribution in [2.75, 3.05) is 19.0 Å². The molecule has 0 aliphatic rings. The zero-order chi connectivity index (χ0) is 21.6. The fourth-order valence-electron chi connectivity index (χ4n) is 2.38. The van der Waals surface area contributed by atoms with Crippen LogP contribution < -0.4 is 14.8 Å². The molecule has 0 saturated heterocycles. The summed E-state index contributed by atoms with van der Waals surface area (Å²) in [6.45, 7) is 3.21. The van der Waals surface area contributed by atoms with E-state index >= 15 is 0 Å². The average molecular weight is 406 g/mol. The van der Waals surface area contributed by atoms with Crippen molar-refractivity contribution in [2.45, 2.75) is 20.0 Å². The van der Waals surface area contributed by atoms with Crippen molar-refractivity contribution >= 4 is 23.3 Å². The number of esters is 1. The fourth-order valence-corrected chi connectivity index (χ4v) is 2.38. The van der Waals surface area contributed by atoms with Crippen molar-refractivity contribution in [2.24, 2.45) is 0 Å². The molecule has 0 bridgehead atoms. The molecular formula is C19H19FN2O7. The SMILES string of the molecule is CCOc1cc(C(=O)O[C@@H](C)C(=O)Nc2cccc(F)c2)c([N+](=O)[O-])cc1OC. The first-order chi connectivity index (χ1) is 13.8. The maximum Gasteiger partial charge on any atom is 0.346 e. The molecule has 1 amide bonds. The van der Waals surface area contributed by atoms with E-state index in [2.05, 4.69) is 5.32 Å². The minimum Gasteiger partial charge on any atom is -0.493 e. The summed E-state index contributed by atoms with van der Waals surface area (Å²) in [4.78, 5) is 35.2. The van der Waals surface area contributed by atoms with Gasteiger partial charge in [-0.3, -0.25) is 14.9 Å². The number of halogens is 1. The summed E-state index contributed by atoms with van der Waals surface area (Å²) in [5.74, 6) is -2.19. The molecule has 0 aromatic heterocycles. The number of nitrogens with one attached hydrogen (secondary N) is 1. The topological polar surface area (TPSA) is 117 Å². The van der Waals surface area contributed by atoms with Gasteiger partial charge < -0.3 is 19.5 Å². The molecule has 154 valence electrons. The van der Waals surface area contributed by atoms with Crippen LogP contribution in [-0.2, 0) is 9.53 Å². The Balaban J connectivity index is 2.22. The Morgan fingerprint density at radius 2 is 1.97 bits per heavy atom. The van der Waals surface area contributed by atoms with Crippen molar-refractivity contribution < 1.29 is 33.1 Å². The minimum absolute atomic E-state index is 0.0759. The van der Waals surface area contributed by atoms with E-state index in [9.17, 15) is 24.1 Å². The highest BCUT2D eigenvalue weighted by Crippen LogP contribution is 2.35. The molecule has 2 aromatic rings. The van der Waals surface area contributed by atoms with E-state index in [0.29, 0.717) is 0 Å². The summed E-state index contributed by atoms with van der Waals surface area (Å²) in [5, 5.41) is 13.7. The predicted octanol–water partition coefficient (Wildman–Crippen LogP) is 3.33. The van der Waals surface area contributed by atoms with Crippen molar-refractivity contribution in [3.05, 3.63) is 57.9 Å². The van der Waals surface area contributed by atoms with Crippen LogP contribution >= 0.6 is 0 Å². The first kappa shape index (κ1) is 21.6. The van der Waals surface area contributed by atoms with Gasteiger partial charge in [0.05, 0.1) is 24.7 Å². The molecule has 1 N–H and O–H groups in total. The van der Waals surface area contributed by atoms with Gasteiger partial charge in [-0.25, -0.2) is 9.18 Å². The Bertz CT molecular complexity index is 933. The molecule has 0 unspecified atom stereocenters. The molecule has 29 heavy (non-hydrogen) atoms. The Labute approximate surface area is 165 Å². The number of ether oxygens (including phenoxy) is 3. The Kier molecular flexibility index (Phi) is 7.07. The number of carbonyl (C=O) groups is 2. The molecule has 2 aromatic carbocycles. The van der Waals surface area contributed by atoms with Crippen LogP contribution in [0.15, 0.2) is 36.4 Å². The number of nitrogens with zero attached hydrogens (tertiary/aromatic N) is 1. The zero-order valence-corrected chi connectivity index (χ0v) is 15.9. The highest BCUT2D eigenvalue weighted by Gasteiger charge is 2.28. The lowest BCUT2D eigenvalue weighted by atomic mass is 10.1. The first-order valence-electron chi connectivity index (χ1n) is 8.53. The van der Waals surface area contributed by atoms with Crippen LogP contribution in [-0.4, -0.2) is 36.6 Å². The molecule has 0 heterocycles. The number of anilines is 1. The number of rotatable bonds is 8. The van der Waals surface area contributed by atoms with E-state index in [0.717, 1.165) is 18.2 Å². The van der Waals surface area contributed by atoms with Gasteiger partial charge in [0.15, 0.2) is 17.6 Å². The number of nitro benzene ring substituents is 1. The minimum atomic E-state index is -1.30. The summed E-state index contributed by atoms with van der Waals surface area (Å²) >= 11 is 0. The Morgan fingerprint density at radius 1 is 1.24 bits per heavy atom. The first-order valence-corrected chi connectivity index (χ1v) is 8.53. The molecule has 2 rings (SSSR count). The number of hydrogen-bond acceptors (Lipinski definition) is 7. The molecule has 9 nitrogen and oxygen atoms in total. The third kappa shape index (κ3) is 5.41. The van der Waals surface area contributed by atoms with Crippen LogP contribution in [0.5, 0.6) is 11.5 Å². The molecule has 1 atom stereocenters. The van der Waals surface area contributed by atoms with E-state index < -0.39 is 40.0 Å². The summed E-state index contributed by atoms with van der Waals surface area (Å²) < 4.78 is 28.6. The van der Waals surface area contributed by atoms with Crippen LogP contribution in [0.1, 0.15) is 24.2 Å². The maximum atomic E-state index is 13.2. The Morgan fingerprint density at radius 3 is 2.55 bits per heavy atom. The lowest BCUT2D eigenvalue weighted by molar-refractivity contribution is -0.385. The van der Waals surface area contributed by atoms with Crippen LogP contribution in [0, 0.1) is 15.9 Å². The van der Waals surface area contributed by atoms with Gasteiger partial charge >= 0.3 is 5.97 Å². The third-order valence-corrected chi connectivity index (χ3v) is 3.74. The highest BCUT2D eigenvalue weighted by molar-refractivity contribution is 5.99. The zero-order valence-electron chi connectivity index (χ0n) is 15.9. The molecule has 0 aliphatic carbocycles. The number of amides is 1. The fraction of sp³-hybridized carbons (Fsp3) is 0.263. The van der Waals surface area contributed by atoms with Gasteiger partial charge in [0.2, 0.25) is 0 Å². The second-order valence-corrected chi connectivity index (χ2v) is 5.76. The van der Waals surface area contributed by atoms with Crippen LogP contribution in [0.4, 0.5) is 15.8 Å². The quantitative estimate of drug-likeness (QED) is 0.406. The van der Waals surface area contributed by atoms with Gasteiger partial charge in [-0.15, -0.1) is 0 Å². The average Bonchev–Trinajstić information content (AvgIpc) is 2.67.